The van der Waals surface area contributed by atoms with Crippen LogP contribution in [0.3, 0.4) is 0 Å². The third kappa shape index (κ3) is 3.69. The molecule has 0 aliphatic rings. The monoisotopic (exact) mass is 337 g/mol. The first kappa shape index (κ1) is 17.1. The molecule has 6 heteroatoms. The van der Waals surface area contributed by atoms with Crippen molar-refractivity contribution in [1.29, 1.82) is 0 Å². The Hall–Kier alpha value is -2.73. The maximum Gasteiger partial charge on any atom is 0.128 e. The summed E-state index contributed by atoms with van der Waals surface area (Å²) < 4.78 is 5.50. The fraction of sp³-hybridized carbons (Fsp3) is 0.316. The Morgan fingerprint density at radius 1 is 1.16 bits per heavy atom. The summed E-state index contributed by atoms with van der Waals surface area (Å²) in [4.78, 5) is 11.0. The topological polar surface area (TPSA) is 66.9 Å². The summed E-state index contributed by atoms with van der Waals surface area (Å²) in [7, 11) is 3.78. The van der Waals surface area contributed by atoms with Gasteiger partial charge in [0.05, 0.1) is 24.7 Å². The van der Waals surface area contributed by atoms with Crippen molar-refractivity contribution < 1.29 is 4.74 Å². The summed E-state index contributed by atoms with van der Waals surface area (Å²) in [6, 6.07) is 3.95. The lowest BCUT2D eigenvalue weighted by atomic mass is 10.1. The zero-order valence-electron chi connectivity index (χ0n) is 15.1. The fourth-order valence-corrected chi connectivity index (χ4v) is 3.02. The summed E-state index contributed by atoms with van der Waals surface area (Å²) in [5, 5.41) is 7.28. The number of aromatic nitrogens is 4. The van der Waals surface area contributed by atoms with E-state index in [1.165, 1.54) is 0 Å². The van der Waals surface area contributed by atoms with E-state index in [2.05, 4.69) is 39.0 Å². The van der Waals surface area contributed by atoms with E-state index < -0.39 is 0 Å². The Bertz CT molecular complexity index is 844. The first-order valence-electron chi connectivity index (χ1n) is 8.20. The third-order valence-corrected chi connectivity index (χ3v) is 4.28. The van der Waals surface area contributed by atoms with Gasteiger partial charge in [-0.2, -0.15) is 5.10 Å². The van der Waals surface area contributed by atoms with Crippen LogP contribution in [0.25, 0.3) is 11.3 Å². The van der Waals surface area contributed by atoms with Gasteiger partial charge in [0.25, 0.3) is 0 Å². The smallest absolute Gasteiger partial charge is 0.128 e. The minimum Gasteiger partial charge on any atom is -0.496 e. The SMILES string of the molecule is COc1c(C)cnc(CN(C)Cc2cn[nH]c2-c2cccnc2)c1C. The van der Waals surface area contributed by atoms with Gasteiger partial charge in [-0.25, -0.2) is 0 Å². The molecule has 130 valence electrons. The molecule has 0 spiro atoms. The molecule has 25 heavy (non-hydrogen) atoms. The van der Waals surface area contributed by atoms with Gasteiger partial charge in [-0.3, -0.25) is 20.0 Å². The van der Waals surface area contributed by atoms with E-state index in [4.69, 9.17) is 4.74 Å². The second kappa shape index (κ2) is 7.44. The molecule has 3 heterocycles. The number of ether oxygens (including phenoxy) is 1. The van der Waals surface area contributed by atoms with Crippen molar-refractivity contribution in [3.63, 3.8) is 0 Å². The molecule has 0 aliphatic heterocycles. The number of H-pyrrole nitrogens is 1. The zero-order valence-corrected chi connectivity index (χ0v) is 15.1. The molecular formula is C19H23N5O. The Kier molecular flexibility index (Phi) is 5.09. The molecule has 0 radical (unpaired) electrons. The van der Waals surface area contributed by atoms with Crippen LogP contribution < -0.4 is 4.74 Å². The van der Waals surface area contributed by atoms with E-state index in [0.29, 0.717) is 0 Å². The van der Waals surface area contributed by atoms with Crippen LogP contribution in [0.2, 0.25) is 0 Å². The molecule has 3 rings (SSSR count). The number of hydrogen-bond donors (Lipinski definition) is 1. The maximum absolute atomic E-state index is 5.50. The lowest BCUT2D eigenvalue weighted by Gasteiger charge is -2.19. The Morgan fingerprint density at radius 2 is 2.00 bits per heavy atom. The summed E-state index contributed by atoms with van der Waals surface area (Å²) in [5.74, 6) is 0.915. The molecule has 0 amide bonds. The molecule has 6 nitrogen and oxygen atoms in total. The Balaban J connectivity index is 1.77. The quantitative estimate of drug-likeness (QED) is 0.748. The van der Waals surface area contributed by atoms with Gasteiger partial charge >= 0.3 is 0 Å². The molecule has 3 aromatic rings. The van der Waals surface area contributed by atoms with Gasteiger partial charge in [-0.15, -0.1) is 0 Å². The average molecular weight is 337 g/mol. The predicted molar refractivity (Wildman–Crippen MR) is 97.3 cm³/mol. The summed E-state index contributed by atoms with van der Waals surface area (Å²) >= 11 is 0. The number of methoxy groups -OCH3 is 1. The lowest BCUT2D eigenvalue weighted by molar-refractivity contribution is 0.313. The standard InChI is InChI=1S/C19H23N5O/c1-13-8-21-17(14(2)19(13)25-4)12-24(3)11-16-10-22-23-18(16)15-6-5-7-20-9-15/h5-10H,11-12H2,1-4H3,(H,22,23). The molecule has 0 saturated heterocycles. The van der Waals surface area contributed by atoms with Crippen LogP contribution in [-0.4, -0.2) is 39.2 Å². The fourth-order valence-electron chi connectivity index (χ4n) is 3.02. The molecule has 0 fully saturated rings. The van der Waals surface area contributed by atoms with Crippen molar-refractivity contribution >= 4 is 0 Å². The normalized spacial score (nSPS) is 11.1. The molecule has 0 aliphatic carbocycles. The number of aryl methyl sites for hydroxylation is 1. The highest BCUT2D eigenvalue weighted by atomic mass is 16.5. The number of hydrogen-bond acceptors (Lipinski definition) is 5. The van der Waals surface area contributed by atoms with Gasteiger partial charge in [-0.1, -0.05) is 0 Å². The van der Waals surface area contributed by atoms with E-state index in [1.54, 1.807) is 13.3 Å². The second-order valence-electron chi connectivity index (χ2n) is 6.23. The second-order valence-corrected chi connectivity index (χ2v) is 6.23. The van der Waals surface area contributed by atoms with Gasteiger partial charge in [0, 0.05) is 53.9 Å². The minimum atomic E-state index is 0.736. The molecule has 3 aromatic heterocycles. The maximum atomic E-state index is 5.50. The van der Waals surface area contributed by atoms with Gasteiger partial charge in [-0.05, 0) is 33.0 Å². The van der Waals surface area contributed by atoms with Gasteiger partial charge in [0.1, 0.15) is 5.75 Å². The van der Waals surface area contributed by atoms with Crippen LogP contribution in [0.4, 0.5) is 0 Å². The van der Waals surface area contributed by atoms with Crippen molar-refractivity contribution in [3.8, 4) is 17.0 Å². The summed E-state index contributed by atoms with van der Waals surface area (Å²) in [6.45, 7) is 5.57. The first-order chi connectivity index (χ1) is 12.1. The number of nitrogens with one attached hydrogen (secondary N) is 1. The number of pyridine rings is 2. The average Bonchev–Trinajstić information content (AvgIpc) is 3.07. The van der Waals surface area contributed by atoms with Crippen molar-refractivity contribution in [3.05, 3.63) is 59.3 Å². The number of rotatable bonds is 6. The van der Waals surface area contributed by atoms with Crippen LogP contribution in [0.1, 0.15) is 22.4 Å². The van der Waals surface area contributed by atoms with E-state index in [-0.39, 0.29) is 0 Å². The summed E-state index contributed by atoms with van der Waals surface area (Å²) in [5.41, 5.74) is 6.35. The Labute approximate surface area is 147 Å². The number of nitrogens with zero attached hydrogens (tertiary/aromatic N) is 4. The van der Waals surface area contributed by atoms with Crippen LogP contribution >= 0.6 is 0 Å². The summed E-state index contributed by atoms with van der Waals surface area (Å²) in [6.07, 6.45) is 7.35. The van der Waals surface area contributed by atoms with E-state index >= 15 is 0 Å². The van der Waals surface area contributed by atoms with Gasteiger partial charge in [0.15, 0.2) is 0 Å². The molecule has 0 unspecified atom stereocenters. The first-order valence-corrected chi connectivity index (χ1v) is 8.20. The third-order valence-electron chi connectivity index (χ3n) is 4.28. The van der Waals surface area contributed by atoms with Gasteiger partial charge in [0.2, 0.25) is 0 Å². The van der Waals surface area contributed by atoms with E-state index in [9.17, 15) is 0 Å². The molecule has 0 saturated carbocycles. The number of aromatic amines is 1. The van der Waals surface area contributed by atoms with Crippen LogP contribution in [0.15, 0.2) is 36.9 Å². The molecule has 1 N–H and O–H groups in total. The van der Waals surface area contributed by atoms with Crippen LogP contribution in [-0.2, 0) is 13.1 Å². The molecule has 0 aromatic carbocycles. The highest BCUT2D eigenvalue weighted by Gasteiger charge is 2.14. The van der Waals surface area contributed by atoms with Gasteiger partial charge < -0.3 is 4.74 Å². The van der Waals surface area contributed by atoms with E-state index in [0.717, 1.165) is 52.5 Å². The Morgan fingerprint density at radius 3 is 2.72 bits per heavy atom. The van der Waals surface area contributed by atoms with Crippen molar-refractivity contribution in [2.45, 2.75) is 26.9 Å². The predicted octanol–water partition coefficient (Wildman–Crippen LogP) is 3.12. The van der Waals surface area contributed by atoms with Crippen LogP contribution in [0, 0.1) is 13.8 Å². The largest absolute Gasteiger partial charge is 0.496 e. The van der Waals surface area contributed by atoms with Crippen molar-refractivity contribution in [1.82, 2.24) is 25.1 Å². The highest BCUT2D eigenvalue weighted by Crippen LogP contribution is 2.26. The minimum absolute atomic E-state index is 0.736. The molecule has 0 atom stereocenters. The molecular weight excluding hydrogens is 314 g/mol. The highest BCUT2D eigenvalue weighted by molar-refractivity contribution is 5.61. The molecule has 0 bridgehead atoms. The van der Waals surface area contributed by atoms with Crippen LogP contribution in [0.5, 0.6) is 5.75 Å². The van der Waals surface area contributed by atoms with Crippen molar-refractivity contribution in [2.75, 3.05) is 14.2 Å². The lowest BCUT2D eigenvalue weighted by Crippen LogP contribution is -2.19. The van der Waals surface area contributed by atoms with Crippen molar-refractivity contribution in [2.24, 2.45) is 0 Å². The van der Waals surface area contributed by atoms with E-state index in [1.807, 2.05) is 37.6 Å². The zero-order chi connectivity index (χ0) is 17.8.